The first-order valence-corrected chi connectivity index (χ1v) is 37.5. The molecular weight excluding hydrogens is 1420 g/mol. The van der Waals surface area contributed by atoms with E-state index in [-0.39, 0.29) is 75.6 Å². The van der Waals surface area contributed by atoms with Crippen LogP contribution in [0.5, 0.6) is 17.2 Å². The van der Waals surface area contributed by atoms with Crippen LogP contribution in [-0.4, -0.2) is 150 Å². The molecule has 6 heterocycles. The molecule has 3 aliphatic rings. The third-order valence-electron chi connectivity index (χ3n) is 19.1. The van der Waals surface area contributed by atoms with Crippen molar-refractivity contribution in [2.24, 2.45) is 38.9 Å². The number of alkyl carbamates (subject to hydrolysis) is 1. The first kappa shape index (κ1) is 80.3. The molecule has 3 aliphatic carbocycles. The minimum atomic E-state index is -3.76. The Morgan fingerprint density at radius 3 is 1.32 bits per heavy atom. The maximum Gasteiger partial charge on any atom is 0.407 e. The molecule has 0 aliphatic heterocycles. The molecule has 0 saturated heterocycles. The van der Waals surface area contributed by atoms with Crippen molar-refractivity contribution in [2.75, 3.05) is 14.2 Å². The Balaban J connectivity index is 0.000000174. The van der Waals surface area contributed by atoms with E-state index in [4.69, 9.17) is 28.7 Å². The van der Waals surface area contributed by atoms with E-state index in [0.29, 0.717) is 125 Å². The van der Waals surface area contributed by atoms with Crippen LogP contribution in [0, 0.1) is 31.6 Å². The summed E-state index contributed by atoms with van der Waals surface area (Å²) < 4.78 is 63.2. The molecule has 32 nitrogen and oxygen atoms in total. The van der Waals surface area contributed by atoms with Crippen LogP contribution in [0.2, 0.25) is 0 Å². The quantitative estimate of drug-likeness (QED) is 0.0240. The predicted molar refractivity (Wildman–Crippen MR) is 398 cm³/mol. The van der Waals surface area contributed by atoms with Gasteiger partial charge in [0.25, 0.3) is 10.2 Å². The summed E-state index contributed by atoms with van der Waals surface area (Å²) in [6.07, 6.45) is 7.29. The Labute approximate surface area is 631 Å². The predicted octanol–water partition coefficient (Wildman–Crippen LogP) is 9.35. The van der Waals surface area contributed by atoms with Gasteiger partial charge in [0, 0.05) is 48.4 Å². The van der Waals surface area contributed by atoms with Gasteiger partial charge in [-0.2, -0.15) is 17.4 Å². The summed E-state index contributed by atoms with van der Waals surface area (Å²) in [6, 6.07) is 38.9. The van der Waals surface area contributed by atoms with Crippen molar-refractivity contribution in [3.8, 4) is 51.4 Å². The summed E-state index contributed by atoms with van der Waals surface area (Å²) in [6.45, 7) is 5.07. The standard InChI is InChI=1S/C26H31N5O6.C25H32N6O5S.C25H30N6O4/c1-31-22(14-27-26(34)36-15-17-7-4-3-5-8-17)24(29-30-31)20-11-12-23(21(28-20)16-35-2)37-19-10-6-9-18(13-19)25(32)33;1-17-23(36-20-11-7-10-19(14-20)25(32)33)13-12-21(27-17)24-22(31(3)29-28-24)15-26-37(34,35)30(2)16-18-8-5-4-6-9-18;1-16-22(35-19-10-6-9-18(13-19)24(32)33)12-11-20(28-16)23-21(31(2)30-29-23)15-27-25(34)26-14-17-7-4-3-5-8-17/h3-5,7-8,11-12,18-19H,6,9-10,13-16H2,1-2H3,(H,27,34)(H,32,33);4-6,8-9,12-13,19-20,26H,7,10-11,14-16H2,1-3H3,(H,32,33);3-5,7-8,11-12,18-19H,6,9-10,13-15H2,1-2H3,(H,32,33)(H2,26,27,34)/t18-,19-;19-,20-;18-,19-/m000/s1. The number of nitrogens with zero attached hydrogens (tertiary/aromatic N) is 13. The van der Waals surface area contributed by atoms with E-state index in [0.717, 1.165) is 60.9 Å². The van der Waals surface area contributed by atoms with Gasteiger partial charge in [-0.25, -0.2) is 33.9 Å². The summed E-state index contributed by atoms with van der Waals surface area (Å²) in [4.78, 5) is 72.6. The minimum Gasteiger partial charge on any atom is -0.489 e. The van der Waals surface area contributed by atoms with Gasteiger partial charge in [0.2, 0.25) is 0 Å². The highest BCUT2D eigenvalue weighted by Gasteiger charge is 2.33. The molecule has 12 rings (SSSR count). The van der Waals surface area contributed by atoms with Crippen LogP contribution >= 0.6 is 0 Å². The van der Waals surface area contributed by atoms with E-state index in [1.165, 1.54) is 16.0 Å². The lowest BCUT2D eigenvalue weighted by Gasteiger charge is -2.28. The Bertz CT molecular complexity index is 4660. The second-order valence-electron chi connectivity index (χ2n) is 27.0. The minimum absolute atomic E-state index is 0.0159. The fourth-order valence-corrected chi connectivity index (χ4v) is 13.9. The molecule has 3 amide bonds. The van der Waals surface area contributed by atoms with E-state index in [9.17, 15) is 47.7 Å². The topological polar surface area (TPSA) is 408 Å². The number of carbonyl (C=O) groups excluding carboxylic acids is 2. The van der Waals surface area contributed by atoms with Gasteiger partial charge in [-0.1, -0.05) is 107 Å². The van der Waals surface area contributed by atoms with Crippen molar-refractivity contribution in [2.45, 2.75) is 155 Å². The number of ether oxygens (including phenoxy) is 5. The third-order valence-corrected chi connectivity index (χ3v) is 20.5. The molecule has 578 valence electrons. The molecule has 0 unspecified atom stereocenters. The summed E-state index contributed by atoms with van der Waals surface area (Å²) in [7, 11) is 4.52. The second-order valence-corrected chi connectivity index (χ2v) is 28.9. The monoisotopic (exact) mass is 1520 g/mol. The van der Waals surface area contributed by atoms with Gasteiger partial charge < -0.3 is 55.0 Å². The van der Waals surface area contributed by atoms with Gasteiger partial charge in [0.1, 0.15) is 46.6 Å². The Morgan fingerprint density at radius 2 is 0.881 bits per heavy atom. The van der Waals surface area contributed by atoms with Gasteiger partial charge in [0.05, 0.1) is 108 Å². The number of amides is 3. The summed E-state index contributed by atoms with van der Waals surface area (Å²) in [5.74, 6) is -1.70. The fourth-order valence-electron chi connectivity index (χ4n) is 13.0. The number of aryl methyl sites for hydroxylation is 5. The number of aromatic nitrogens is 12. The maximum atomic E-state index is 12.8. The largest absolute Gasteiger partial charge is 0.489 e. The highest BCUT2D eigenvalue weighted by molar-refractivity contribution is 7.87. The van der Waals surface area contributed by atoms with Crippen molar-refractivity contribution in [3.63, 3.8) is 0 Å². The number of nitrogens with one attached hydrogen (secondary N) is 4. The van der Waals surface area contributed by atoms with Crippen molar-refractivity contribution in [3.05, 3.63) is 178 Å². The van der Waals surface area contributed by atoms with E-state index in [1.54, 1.807) is 61.9 Å². The Kier molecular flexibility index (Phi) is 28.3. The summed E-state index contributed by atoms with van der Waals surface area (Å²) >= 11 is 0. The number of rotatable bonds is 28. The molecule has 6 atom stereocenters. The number of aliphatic carboxylic acids is 3. The number of carboxylic acids is 3. The van der Waals surface area contributed by atoms with Crippen LogP contribution in [0.4, 0.5) is 9.59 Å². The molecule has 9 aromatic rings. The lowest BCUT2D eigenvalue weighted by atomic mass is 9.87. The first-order valence-electron chi connectivity index (χ1n) is 36.0. The molecule has 0 radical (unpaired) electrons. The van der Waals surface area contributed by atoms with E-state index in [2.05, 4.69) is 61.6 Å². The SMILES string of the molecule is COCc1nc(-c2nnn(C)c2CNC(=O)OCc2ccccc2)ccc1O[C@H]1CCC[C@H](C(=O)O)C1.Cc1nc(-c2nnn(C)c2CNC(=O)NCc2ccccc2)ccc1O[C@H]1CCC[C@H](C(=O)O)C1.Cc1nc(-c2nnn(C)c2CNS(=O)(=O)N(C)Cc2ccccc2)ccc1O[C@H]1CCC[C@H](C(=O)O)C1. The molecule has 7 N–H and O–H groups in total. The van der Waals surface area contributed by atoms with Gasteiger partial charge in [-0.05, 0) is 144 Å². The Hall–Kier alpha value is -11.3. The molecule has 0 bridgehead atoms. The van der Waals surface area contributed by atoms with Crippen LogP contribution in [0.1, 0.15) is 128 Å². The highest BCUT2D eigenvalue weighted by Crippen LogP contribution is 2.35. The average molecular weight is 1520 g/mol. The van der Waals surface area contributed by atoms with Gasteiger partial charge in [-0.15, -0.1) is 15.3 Å². The summed E-state index contributed by atoms with van der Waals surface area (Å²) in [5, 5.41) is 61.4. The number of hydrogen-bond donors (Lipinski definition) is 7. The van der Waals surface area contributed by atoms with E-state index >= 15 is 0 Å². The van der Waals surface area contributed by atoms with E-state index < -0.39 is 40.1 Å². The van der Waals surface area contributed by atoms with Crippen LogP contribution in [0.3, 0.4) is 0 Å². The van der Waals surface area contributed by atoms with Gasteiger partial charge >= 0.3 is 30.0 Å². The molecule has 3 aromatic carbocycles. The number of carboxylic acid groups (broad SMARTS) is 3. The van der Waals surface area contributed by atoms with Crippen LogP contribution in [0.25, 0.3) is 34.2 Å². The van der Waals surface area contributed by atoms with Crippen molar-refractivity contribution >= 4 is 40.2 Å². The number of carbonyl (C=O) groups is 5. The number of pyridine rings is 3. The average Bonchev–Trinajstić information content (AvgIpc) is 1.71. The molecule has 3 fully saturated rings. The van der Waals surface area contributed by atoms with Crippen LogP contribution in [-0.2, 0) is 101 Å². The van der Waals surface area contributed by atoms with Crippen molar-refractivity contribution < 1.29 is 71.4 Å². The first-order chi connectivity index (χ1) is 52.5. The normalized spacial score (nSPS) is 17.7. The molecule has 109 heavy (non-hydrogen) atoms. The lowest BCUT2D eigenvalue weighted by molar-refractivity contribution is -0.144. The number of hydrogen-bond acceptors (Lipinski definition) is 21. The smallest absolute Gasteiger partial charge is 0.407 e. The van der Waals surface area contributed by atoms with Crippen molar-refractivity contribution in [1.82, 2.24) is 84.9 Å². The van der Waals surface area contributed by atoms with E-state index in [1.807, 2.05) is 117 Å². The van der Waals surface area contributed by atoms with Crippen molar-refractivity contribution in [1.29, 1.82) is 0 Å². The zero-order valence-electron chi connectivity index (χ0n) is 62.0. The zero-order chi connectivity index (χ0) is 77.6. The highest BCUT2D eigenvalue weighted by atomic mass is 32.2. The molecule has 33 heteroatoms. The number of urea groups is 1. The Morgan fingerprint density at radius 1 is 0.486 bits per heavy atom. The number of methoxy groups -OCH3 is 1. The van der Waals surface area contributed by atoms with Crippen LogP contribution < -0.4 is 34.9 Å². The van der Waals surface area contributed by atoms with Gasteiger partial charge in [-0.3, -0.25) is 19.1 Å². The fraction of sp³-hybridized carbons (Fsp3) is 0.421. The molecule has 0 spiro atoms. The maximum absolute atomic E-state index is 12.8. The van der Waals surface area contributed by atoms with Crippen LogP contribution in [0.15, 0.2) is 127 Å². The molecule has 6 aromatic heterocycles. The molecular formula is C76H93N17O15S. The summed E-state index contributed by atoms with van der Waals surface area (Å²) in [5.41, 5.74) is 9.88. The number of benzene rings is 3. The van der Waals surface area contributed by atoms with Gasteiger partial charge in [0.15, 0.2) is 0 Å². The second kappa shape index (κ2) is 38.5. The lowest BCUT2D eigenvalue weighted by Crippen LogP contribution is -2.37. The third kappa shape index (κ3) is 22.6. The zero-order valence-corrected chi connectivity index (χ0v) is 62.8. The molecule has 3 saturated carbocycles.